The van der Waals surface area contributed by atoms with Crippen molar-refractivity contribution in [3.8, 4) is 0 Å². The summed E-state index contributed by atoms with van der Waals surface area (Å²) in [6.45, 7) is 2.66. The zero-order valence-corrected chi connectivity index (χ0v) is 15.8. The van der Waals surface area contributed by atoms with Crippen LogP contribution in [0.3, 0.4) is 0 Å². The molecule has 0 saturated heterocycles. The standard InChI is InChI=1S/C18H14BrN5S/c1-12-21-15-4-2-3-5-16(15)24(12)11-17-22-23-18(25-17)20-10-13-6-8-14(19)9-7-13/h2-10H,11H2,1H3/b20-10+. The minimum absolute atomic E-state index is 0.651. The van der Waals surface area contributed by atoms with Crippen LogP contribution in [0, 0.1) is 6.92 Å². The molecule has 2 heterocycles. The number of aliphatic imine (C=N–C) groups is 1. The monoisotopic (exact) mass is 411 g/mol. The van der Waals surface area contributed by atoms with E-state index in [4.69, 9.17) is 0 Å². The number of benzene rings is 2. The number of halogens is 1. The van der Waals surface area contributed by atoms with Crippen molar-refractivity contribution in [2.45, 2.75) is 13.5 Å². The molecule has 0 aliphatic carbocycles. The first-order chi connectivity index (χ1) is 12.2. The molecule has 124 valence electrons. The lowest BCUT2D eigenvalue weighted by molar-refractivity contribution is 0.768. The van der Waals surface area contributed by atoms with E-state index in [0.29, 0.717) is 11.7 Å². The number of hydrogen-bond acceptors (Lipinski definition) is 5. The van der Waals surface area contributed by atoms with Crippen molar-refractivity contribution in [2.75, 3.05) is 0 Å². The number of rotatable bonds is 4. The van der Waals surface area contributed by atoms with E-state index < -0.39 is 0 Å². The number of hydrogen-bond donors (Lipinski definition) is 0. The number of imidazole rings is 1. The zero-order chi connectivity index (χ0) is 17.2. The first kappa shape index (κ1) is 16.1. The number of aryl methyl sites for hydroxylation is 1. The van der Waals surface area contributed by atoms with Gasteiger partial charge in [-0.1, -0.05) is 51.5 Å². The van der Waals surface area contributed by atoms with E-state index in [1.165, 1.54) is 11.3 Å². The molecule has 0 unspecified atom stereocenters. The van der Waals surface area contributed by atoms with Crippen molar-refractivity contribution < 1.29 is 0 Å². The molecule has 2 aromatic carbocycles. The van der Waals surface area contributed by atoms with Crippen LogP contribution in [-0.4, -0.2) is 26.0 Å². The van der Waals surface area contributed by atoms with Gasteiger partial charge in [0.1, 0.15) is 10.8 Å². The van der Waals surface area contributed by atoms with Crippen LogP contribution in [0.5, 0.6) is 0 Å². The summed E-state index contributed by atoms with van der Waals surface area (Å²) >= 11 is 4.92. The Morgan fingerprint density at radius 1 is 1.12 bits per heavy atom. The Hall–Kier alpha value is -2.38. The highest BCUT2D eigenvalue weighted by Crippen LogP contribution is 2.22. The Kier molecular flexibility index (Phi) is 4.42. The minimum Gasteiger partial charge on any atom is -0.321 e. The second-order valence-corrected chi connectivity index (χ2v) is 7.48. The lowest BCUT2D eigenvalue weighted by atomic mass is 10.2. The summed E-state index contributed by atoms with van der Waals surface area (Å²) in [6.07, 6.45) is 1.80. The van der Waals surface area contributed by atoms with Gasteiger partial charge < -0.3 is 4.57 Å². The van der Waals surface area contributed by atoms with E-state index in [-0.39, 0.29) is 0 Å². The van der Waals surface area contributed by atoms with Gasteiger partial charge in [-0.25, -0.2) is 9.98 Å². The number of nitrogens with zero attached hydrogens (tertiary/aromatic N) is 5. The Labute approximate surface area is 157 Å². The fourth-order valence-electron chi connectivity index (χ4n) is 2.57. The van der Waals surface area contributed by atoms with Crippen molar-refractivity contribution in [2.24, 2.45) is 4.99 Å². The highest BCUT2D eigenvalue weighted by molar-refractivity contribution is 9.10. The lowest BCUT2D eigenvalue weighted by Crippen LogP contribution is -2.01. The van der Waals surface area contributed by atoms with Gasteiger partial charge in [0.15, 0.2) is 0 Å². The summed E-state index contributed by atoms with van der Waals surface area (Å²) in [5.41, 5.74) is 3.13. The Balaban J connectivity index is 1.55. The van der Waals surface area contributed by atoms with Crippen molar-refractivity contribution in [1.82, 2.24) is 19.7 Å². The van der Waals surface area contributed by atoms with Gasteiger partial charge in [-0.3, -0.25) is 0 Å². The van der Waals surface area contributed by atoms with E-state index in [0.717, 1.165) is 31.9 Å². The first-order valence-corrected chi connectivity index (χ1v) is 9.34. The maximum absolute atomic E-state index is 4.59. The first-order valence-electron chi connectivity index (χ1n) is 7.73. The molecule has 5 nitrogen and oxygen atoms in total. The van der Waals surface area contributed by atoms with Gasteiger partial charge in [-0.2, -0.15) is 0 Å². The highest BCUT2D eigenvalue weighted by Gasteiger charge is 2.10. The van der Waals surface area contributed by atoms with Crippen LogP contribution in [0.15, 0.2) is 58.0 Å². The third-order valence-electron chi connectivity index (χ3n) is 3.79. The summed E-state index contributed by atoms with van der Waals surface area (Å²) in [5, 5.41) is 9.99. The van der Waals surface area contributed by atoms with Crippen LogP contribution >= 0.6 is 27.3 Å². The van der Waals surface area contributed by atoms with Gasteiger partial charge in [0.2, 0.25) is 5.13 Å². The molecular weight excluding hydrogens is 398 g/mol. The van der Waals surface area contributed by atoms with Gasteiger partial charge >= 0.3 is 0 Å². The van der Waals surface area contributed by atoms with Gasteiger partial charge in [0, 0.05) is 10.7 Å². The van der Waals surface area contributed by atoms with Crippen molar-refractivity contribution in [3.05, 3.63) is 69.4 Å². The molecule has 0 amide bonds. The Bertz CT molecular complexity index is 1050. The predicted molar refractivity (Wildman–Crippen MR) is 105 cm³/mol. The van der Waals surface area contributed by atoms with Crippen LogP contribution in [0.1, 0.15) is 16.4 Å². The lowest BCUT2D eigenvalue weighted by Gasteiger charge is -2.02. The van der Waals surface area contributed by atoms with E-state index in [1.54, 1.807) is 6.21 Å². The second-order valence-electron chi connectivity index (χ2n) is 5.52. The second kappa shape index (κ2) is 6.85. The smallest absolute Gasteiger partial charge is 0.231 e. The van der Waals surface area contributed by atoms with E-state index in [9.17, 15) is 0 Å². The Morgan fingerprint density at radius 2 is 1.92 bits per heavy atom. The molecule has 0 radical (unpaired) electrons. The molecule has 0 saturated carbocycles. The molecule has 0 bridgehead atoms. The highest BCUT2D eigenvalue weighted by atomic mass is 79.9. The summed E-state index contributed by atoms with van der Waals surface area (Å²) in [5.74, 6) is 0.969. The third kappa shape index (κ3) is 3.52. The fourth-order valence-corrected chi connectivity index (χ4v) is 3.51. The van der Waals surface area contributed by atoms with Gasteiger partial charge in [0.05, 0.1) is 17.6 Å². The summed E-state index contributed by atoms with van der Waals surface area (Å²) in [7, 11) is 0. The molecule has 0 N–H and O–H groups in total. The predicted octanol–water partition coefficient (Wildman–Crippen LogP) is 4.76. The number of fused-ring (bicyclic) bond motifs is 1. The third-order valence-corrected chi connectivity index (χ3v) is 5.13. The quantitative estimate of drug-likeness (QED) is 0.455. The molecule has 0 atom stereocenters. The maximum atomic E-state index is 4.59. The van der Waals surface area contributed by atoms with Crippen molar-refractivity contribution in [3.63, 3.8) is 0 Å². The molecular formula is C18H14BrN5S. The van der Waals surface area contributed by atoms with Crippen LogP contribution in [0.2, 0.25) is 0 Å². The minimum atomic E-state index is 0.651. The molecule has 25 heavy (non-hydrogen) atoms. The van der Waals surface area contributed by atoms with Crippen LogP contribution in [-0.2, 0) is 6.54 Å². The number of para-hydroxylation sites is 2. The van der Waals surface area contributed by atoms with E-state index >= 15 is 0 Å². The fraction of sp³-hybridized carbons (Fsp3) is 0.111. The topological polar surface area (TPSA) is 56.0 Å². The molecule has 2 aromatic heterocycles. The molecule has 0 aliphatic rings. The Morgan fingerprint density at radius 3 is 2.76 bits per heavy atom. The van der Waals surface area contributed by atoms with E-state index in [2.05, 4.69) is 46.7 Å². The number of aromatic nitrogens is 4. The average molecular weight is 412 g/mol. The summed E-state index contributed by atoms with van der Waals surface area (Å²) in [4.78, 5) is 9.01. The van der Waals surface area contributed by atoms with Crippen LogP contribution in [0.4, 0.5) is 5.13 Å². The van der Waals surface area contributed by atoms with Gasteiger partial charge in [-0.15, -0.1) is 10.2 Å². The van der Waals surface area contributed by atoms with Crippen molar-refractivity contribution in [1.29, 1.82) is 0 Å². The summed E-state index contributed by atoms with van der Waals surface area (Å²) in [6, 6.07) is 16.1. The van der Waals surface area contributed by atoms with Crippen molar-refractivity contribution >= 4 is 49.6 Å². The van der Waals surface area contributed by atoms with Gasteiger partial charge in [0.25, 0.3) is 0 Å². The molecule has 0 fully saturated rings. The average Bonchev–Trinajstić information content (AvgIpc) is 3.19. The molecule has 4 rings (SSSR count). The normalized spacial score (nSPS) is 11.6. The SMILES string of the molecule is Cc1nc2ccccc2n1Cc1nnc(/N=C/c2ccc(Br)cc2)s1. The maximum Gasteiger partial charge on any atom is 0.231 e. The van der Waals surface area contributed by atoms with E-state index in [1.807, 2.05) is 49.4 Å². The molecule has 0 spiro atoms. The molecule has 4 aromatic rings. The van der Waals surface area contributed by atoms with Gasteiger partial charge in [-0.05, 0) is 36.8 Å². The summed E-state index contributed by atoms with van der Waals surface area (Å²) < 4.78 is 3.20. The molecule has 0 aliphatic heterocycles. The molecule has 7 heteroatoms. The van der Waals surface area contributed by atoms with Crippen LogP contribution in [0.25, 0.3) is 11.0 Å². The van der Waals surface area contributed by atoms with Crippen LogP contribution < -0.4 is 0 Å². The zero-order valence-electron chi connectivity index (χ0n) is 13.4. The largest absolute Gasteiger partial charge is 0.321 e.